The van der Waals surface area contributed by atoms with Crippen molar-refractivity contribution in [2.75, 3.05) is 19.8 Å². The van der Waals surface area contributed by atoms with Gasteiger partial charge in [0, 0.05) is 19.8 Å². The molecule has 0 fully saturated rings. The molecule has 1 atom stereocenters. The van der Waals surface area contributed by atoms with Gasteiger partial charge in [0.25, 0.3) is 0 Å². The molecule has 0 saturated carbocycles. The zero-order valence-corrected chi connectivity index (χ0v) is 13.4. The van der Waals surface area contributed by atoms with Crippen molar-refractivity contribution in [3.8, 4) is 0 Å². The summed E-state index contributed by atoms with van der Waals surface area (Å²) in [5.41, 5.74) is -0.695. The Morgan fingerprint density at radius 2 is 1.38 bits per heavy atom. The van der Waals surface area contributed by atoms with Crippen LogP contribution in [0.15, 0.2) is 0 Å². The number of ether oxygens (including phenoxy) is 3. The van der Waals surface area contributed by atoms with E-state index in [-0.39, 0.29) is 38.2 Å². The summed E-state index contributed by atoms with van der Waals surface area (Å²) in [6.07, 6.45) is 1.86. The van der Waals surface area contributed by atoms with Gasteiger partial charge in [0.1, 0.15) is 19.8 Å². The van der Waals surface area contributed by atoms with Crippen LogP contribution in [-0.2, 0) is 28.6 Å². The van der Waals surface area contributed by atoms with Crippen molar-refractivity contribution in [3.63, 3.8) is 0 Å². The van der Waals surface area contributed by atoms with Crippen LogP contribution in [0.5, 0.6) is 0 Å². The van der Waals surface area contributed by atoms with Gasteiger partial charge < -0.3 is 14.2 Å². The third-order valence-electron chi connectivity index (χ3n) is 3.15. The molecule has 6 heteroatoms. The van der Waals surface area contributed by atoms with Crippen molar-refractivity contribution in [2.24, 2.45) is 5.41 Å². The van der Waals surface area contributed by atoms with E-state index >= 15 is 0 Å². The molecule has 0 aliphatic carbocycles. The number of esters is 3. The van der Waals surface area contributed by atoms with Crippen molar-refractivity contribution in [1.29, 1.82) is 0 Å². The highest BCUT2D eigenvalue weighted by Crippen LogP contribution is 2.24. The molecule has 122 valence electrons. The fourth-order valence-corrected chi connectivity index (χ4v) is 1.53. The molecule has 0 saturated heterocycles. The van der Waals surface area contributed by atoms with Crippen LogP contribution >= 0.6 is 0 Å². The van der Waals surface area contributed by atoms with Gasteiger partial charge in [-0.1, -0.05) is 20.8 Å². The fraction of sp³-hybridized carbons (Fsp3) is 0.800. The summed E-state index contributed by atoms with van der Waals surface area (Å²) in [4.78, 5) is 33.8. The standard InChI is InChI=1S/C15H26O6/c1-5-8-14(18)21-11-15(7-3,9-19-12(4)16)10-20-13(17)6-2/h5-11H2,1-4H3. The maximum atomic E-state index is 11.5. The average Bonchev–Trinajstić information content (AvgIpc) is 2.46. The first-order chi connectivity index (χ1) is 9.89. The van der Waals surface area contributed by atoms with Crippen molar-refractivity contribution in [2.45, 2.75) is 53.4 Å². The van der Waals surface area contributed by atoms with Crippen LogP contribution < -0.4 is 0 Å². The molecule has 0 aromatic heterocycles. The number of hydrogen-bond donors (Lipinski definition) is 0. The minimum Gasteiger partial charge on any atom is -0.465 e. The lowest BCUT2D eigenvalue weighted by molar-refractivity contribution is -0.161. The first-order valence-electron chi connectivity index (χ1n) is 7.33. The van der Waals surface area contributed by atoms with Gasteiger partial charge in [-0.2, -0.15) is 0 Å². The number of carbonyl (C=O) groups is 3. The van der Waals surface area contributed by atoms with Gasteiger partial charge in [0.15, 0.2) is 0 Å². The van der Waals surface area contributed by atoms with E-state index in [4.69, 9.17) is 14.2 Å². The Bertz CT molecular complexity index is 352. The van der Waals surface area contributed by atoms with Crippen molar-refractivity contribution in [1.82, 2.24) is 0 Å². The van der Waals surface area contributed by atoms with Gasteiger partial charge in [-0.15, -0.1) is 0 Å². The van der Waals surface area contributed by atoms with E-state index in [2.05, 4.69) is 0 Å². The van der Waals surface area contributed by atoms with Gasteiger partial charge in [-0.05, 0) is 12.8 Å². The molecule has 0 aromatic carbocycles. The Morgan fingerprint density at radius 3 is 1.81 bits per heavy atom. The lowest BCUT2D eigenvalue weighted by atomic mass is 9.88. The molecule has 0 N–H and O–H groups in total. The van der Waals surface area contributed by atoms with Crippen LogP contribution in [0.3, 0.4) is 0 Å². The lowest BCUT2D eigenvalue weighted by Crippen LogP contribution is -2.38. The maximum absolute atomic E-state index is 11.5. The molecule has 0 bridgehead atoms. The summed E-state index contributed by atoms with van der Waals surface area (Å²) in [5.74, 6) is -1.06. The van der Waals surface area contributed by atoms with Crippen LogP contribution in [0, 0.1) is 5.41 Å². The molecule has 1 unspecified atom stereocenters. The second-order valence-corrected chi connectivity index (χ2v) is 5.06. The normalized spacial score (nSPS) is 13.1. The Balaban J connectivity index is 4.71. The Labute approximate surface area is 126 Å². The van der Waals surface area contributed by atoms with Crippen LogP contribution in [0.1, 0.15) is 53.4 Å². The molecule has 0 aliphatic heterocycles. The topological polar surface area (TPSA) is 78.9 Å². The van der Waals surface area contributed by atoms with Crippen LogP contribution in [0.4, 0.5) is 0 Å². The third-order valence-corrected chi connectivity index (χ3v) is 3.15. The fourth-order valence-electron chi connectivity index (χ4n) is 1.53. The van der Waals surface area contributed by atoms with Gasteiger partial charge in [-0.25, -0.2) is 0 Å². The lowest BCUT2D eigenvalue weighted by Gasteiger charge is -2.30. The summed E-state index contributed by atoms with van der Waals surface area (Å²) in [6, 6.07) is 0. The predicted molar refractivity (Wildman–Crippen MR) is 76.5 cm³/mol. The smallest absolute Gasteiger partial charge is 0.305 e. The molecule has 0 amide bonds. The summed E-state index contributed by atoms with van der Waals surface area (Å²) in [7, 11) is 0. The molecule has 6 nitrogen and oxygen atoms in total. The highest BCUT2D eigenvalue weighted by atomic mass is 16.6. The average molecular weight is 302 g/mol. The second kappa shape index (κ2) is 10.2. The van der Waals surface area contributed by atoms with Gasteiger partial charge >= 0.3 is 17.9 Å². The van der Waals surface area contributed by atoms with E-state index in [1.54, 1.807) is 6.92 Å². The number of rotatable bonds is 10. The Hall–Kier alpha value is -1.59. The minimum absolute atomic E-state index is 0.0508. The highest BCUT2D eigenvalue weighted by molar-refractivity contribution is 5.69. The molecular formula is C15H26O6. The predicted octanol–water partition coefficient (Wildman–Crippen LogP) is 2.24. The molecular weight excluding hydrogens is 276 g/mol. The van der Waals surface area contributed by atoms with Crippen LogP contribution in [0.2, 0.25) is 0 Å². The van der Waals surface area contributed by atoms with Crippen molar-refractivity contribution in [3.05, 3.63) is 0 Å². The molecule has 0 radical (unpaired) electrons. The Kier molecular flexibility index (Phi) is 9.41. The van der Waals surface area contributed by atoms with E-state index in [1.165, 1.54) is 6.92 Å². The zero-order valence-electron chi connectivity index (χ0n) is 13.4. The number of hydrogen-bond acceptors (Lipinski definition) is 6. The van der Waals surface area contributed by atoms with E-state index in [9.17, 15) is 14.4 Å². The first kappa shape index (κ1) is 19.4. The van der Waals surface area contributed by atoms with E-state index in [1.807, 2.05) is 13.8 Å². The monoisotopic (exact) mass is 302 g/mol. The van der Waals surface area contributed by atoms with Gasteiger partial charge in [0.05, 0.1) is 5.41 Å². The molecule has 0 rings (SSSR count). The third kappa shape index (κ3) is 8.32. The first-order valence-corrected chi connectivity index (χ1v) is 7.33. The largest absolute Gasteiger partial charge is 0.465 e. The summed E-state index contributed by atoms with van der Waals surface area (Å²) in [6.45, 7) is 6.93. The van der Waals surface area contributed by atoms with Crippen molar-refractivity contribution < 1.29 is 28.6 Å². The quantitative estimate of drug-likeness (QED) is 0.455. The molecule has 0 spiro atoms. The zero-order chi connectivity index (χ0) is 16.3. The molecule has 21 heavy (non-hydrogen) atoms. The van der Waals surface area contributed by atoms with Crippen LogP contribution in [0.25, 0.3) is 0 Å². The second-order valence-electron chi connectivity index (χ2n) is 5.06. The SMILES string of the molecule is CCCC(=O)OCC(CC)(COC(C)=O)COC(=O)CC. The van der Waals surface area contributed by atoms with Gasteiger partial charge in [0.2, 0.25) is 0 Å². The molecule has 0 aliphatic rings. The Morgan fingerprint density at radius 1 is 0.857 bits per heavy atom. The highest BCUT2D eigenvalue weighted by Gasteiger charge is 2.33. The van der Waals surface area contributed by atoms with E-state index in [0.29, 0.717) is 19.3 Å². The maximum Gasteiger partial charge on any atom is 0.305 e. The van der Waals surface area contributed by atoms with Crippen molar-refractivity contribution >= 4 is 17.9 Å². The van der Waals surface area contributed by atoms with Gasteiger partial charge in [-0.3, -0.25) is 14.4 Å². The molecule has 0 heterocycles. The molecule has 0 aromatic rings. The summed E-state index contributed by atoms with van der Waals surface area (Å²) in [5, 5.41) is 0. The van der Waals surface area contributed by atoms with E-state index < -0.39 is 11.4 Å². The van der Waals surface area contributed by atoms with Crippen LogP contribution in [-0.4, -0.2) is 37.7 Å². The number of carbonyl (C=O) groups excluding carboxylic acids is 3. The summed E-state index contributed by atoms with van der Waals surface area (Å²) >= 11 is 0. The minimum atomic E-state index is -0.695. The van der Waals surface area contributed by atoms with E-state index in [0.717, 1.165) is 0 Å². The summed E-state index contributed by atoms with van der Waals surface area (Å²) < 4.78 is 15.4.